The van der Waals surface area contributed by atoms with E-state index in [1.807, 2.05) is 6.92 Å². The maximum absolute atomic E-state index is 11.1. The number of rotatable bonds is 1. The minimum absolute atomic E-state index is 0.0185. The molecule has 0 aromatic carbocycles. The molecule has 0 fully saturated rings. The second-order valence-electron chi connectivity index (χ2n) is 3.14. The molecule has 0 spiro atoms. The van der Waals surface area contributed by atoms with Crippen molar-refractivity contribution in [3.63, 3.8) is 0 Å². The predicted molar refractivity (Wildman–Crippen MR) is 56.0 cm³/mol. The molecule has 14 heavy (non-hydrogen) atoms. The van der Waals surface area contributed by atoms with Crippen molar-refractivity contribution in [3.05, 3.63) is 22.8 Å². The number of fused-ring (bicyclic) bond motifs is 1. The van der Waals surface area contributed by atoms with Crippen molar-refractivity contribution in [2.45, 2.75) is 13.8 Å². The molecule has 0 radical (unpaired) electrons. The number of aromatic nitrogens is 1. The van der Waals surface area contributed by atoms with Gasteiger partial charge in [-0.05, 0) is 19.9 Å². The Kier molecular flexibility index (Phi) is 2.00. The summed E-state index contributed by atoms with van der Waals surface area (Å²) in [5.74, 6) is 0.152. The van der Waals surface area contributed by atoms with E-state index < -0.39 is 0 Å². The highest BCUT2D eigenvalue weighted by Crippen LogP contribution is 2.33. The lowest BCUT2D eigenvalue weighted by Gasteiger charge is -1.95. The van der Waals surface area contributed by atoms with Crippen molar-refractivity contribution in [1.82, 2.24) is 4.98 Å². The second-order valence-corrected chi connectivity index (χ2v) is 4.19. The van der Waals surface area contributed by atoms with Crippen LogP contribution in [0.15, 0.2) is 12.3 Å². The van der Waals surface area contributed by atoms with Gasteiger partial charge < -0.3 is 5.11 Å². The number of nitrogens with zero attached hydrogens (tertiary/aromatic N) is 1. The number of pyridine rings is 1. The fourth-order valence-corrected chi connectivity index (χ4v) is 2.32. The minimum Gasteiger partial charge on any atom is -0.506 e. The van der Waals surface area contributed by atoms with E-state index in [0.717, 1.165) is 10.4 Å². The van der Waals surface area contributed by atoms with E-state index >= 15 is 0 Å². The topological polar surface area (TPSA) is 50.2 Å². The van der Waals surface area contributed by atoms with Crippen LogP contribution in [-0.2, 0) is 0 Å². The van der Waals surface area contributed by atoms with Gasteiger partial charge in [-0.25, -0.2) is 0 Å². The summed E-state index contributed by atoms with van der Waals surface area (Å²) in [7, 11) is 0. The van der Waals surface area contributed by atoms with Crippen molar-refractivity contribution in [2.75, 3.05) is 0 Å². The van der Waals surface area contributed by atoms with Crippen molar-refractivity contribution < 1.29 is 9.90 Å². The Morgan fingerprint density at radius 3 is 2.86 bits per heavy atom. The van der Waals surface area contributed by atoms with E-state index in [-0.39, 0.29) is 11.5 Å². The Labute approximate surface area is 85.0 Å². The Balaban J connectivity index is 2.82. The molecule has 0 atom stereocenters. The van der Waals surface area contributed by atoms with Gasteiger partial charge in [0.25, 0.3) is 0 Å². The number of aromatic hydroxyl groups is 1. The number of thiophene rings is 1. The fraction of sp³-hybridized carbons (Fsp3) is 0.200. The summed E-state index contributed by atoms with van der Waals surface area (Å²) in [5.41, 5.74) is 0.843. The molecule has 2 rings (SSSR count). The maximum Gasteiger partial charge on any atom is 0.169 e. The van der Waals surface area contributed by atoms with Crippen LogP contribution in [0.4, 0.5) is 0 Å². The van der Waals surface area contributed by atoms with Gasteiger partial charge in [-0.1, -0.05) is 0 Å². The summed E-state index contributed by atoms with van der Waals surface area (Å²) in [6.45, 7) is 3.38. The van der Waals surface area contributed by atoms with E-state index in [0.29, 0.717) is 10.3 Å². The number of aryl methyl sites for hydroxylation is 1. The summed E-state index contributed by atoms with van der Waals surface area (Å²) in [4.78, 5) is 15.8. The largest absolute Gasteiger partial charge is 0.506 e. The van der Waals surface area contributed by atoms with Gasteiger partial charge in [0.15, 0.2) is 5.78 Å². The molecule has 0 saturated heterocycles. The first-order chi connectivity index (χ1) is 6.59. The first kappa shape index (κ1) is 9.15. The average Bonchev–Trinajstić information content (AvgIpc) is 2.57. The molecule has 3 nitrogen and oxygen atoms in total. The van der Waals surface area contributed by atoms with Crippen LogP contribution in [0.25, 0.3) is 10.1 Å². The molecule has 2 aromatic heterocycles. The van der Waals surface area contributed by atoms with E-state index in [1.165, 1.54) is 24.5 Å². The van der Waals surface area contributed by atoms with Crippen LogP contribution in [0.2, 0.25) is 0 Å². The van der Waals surface area contributed by atoms with Crippen LogP contribution >= 0.6 is 11.3 Å². The Bertz CT molecular complexity index is 477. The van der Waals surface area contributed by atoms with Crippen molar-refractivity contribution >= 4 is 27.2 Å². The molecule has 0 bridgehead atoms. The zero-order chi connectivity index (χ0) is 10.3. The molecule has 0 saturated carbocycles. The molecule has 0 aliphatic rings. The molecular formula is C10H9NO2S. The zero-order valence-electron chi connectivity index (χ0n) is 7.87. The minimum atomic E-state index is 0.0185. The fourth-order valence-electron chi connectivity index (χ4n) is 1.31. The third-order valence-corrected chi connectivity index (χ3v) is 3.41. The summed E-state index contributed by atoms with van der Waals surface area (Å²) in [6.07, 6.45) is 1.41. The van der Waals surface area contributed by atoms with E-state index in [9.17, 15) is 9.90 Å². The van der Waals surface area contributed by atoms with Gasteiger partial charge in [0.05, 0.1) is 21.5 Å². The highest BCUT2D eigenvalue weighted by molar-refractivity contribution is 7.21. The van der Waals surface area contributed by atoms with Gasteiger partial charge in [0, 0.05) is 5.39 Å². The number of ketones is 1. The lowest BCUT2D eigenvalue weighted by Crippen LogP contribution is -1.83. The normalized spacial score (nSPS) is 10.7. The van der Waals surface area contributed by atoms with Crippen LogP contribution in [0.5, 0.6) is 5.75 Å². The SMILES string of the molecule is CC(=O)c1cc2c(O)cnc(C)c2s1. The molecule has 0 aliphatic heterocycles. The van der Waals surface area contributed by atoms with Gasteiger partial charge in [-0.15, -0.1) is 11.3 Å². The Hall–Kier alpha value is -1.42. The average molecular weight is 207 g/mol. The highest BCUT2D eigenvalue weighted by atomic mass is 32.1. The lowest BCUT2D eigenvalue weighted by molar-refractivity contribution is 0.102. The van der Waals surface area contributed by atoms with Gasteiger partial charge >= 0.3 is 0 Å². The standard InChI is InChI=1S/C10H9NO2S/c1-5-10-7(8(13)4-11-5)3-9(14-10)6(2)12/h3-4,13H,1-2H3. The van der Waals surface area contributed by atoms with Gasteiger partial charge in [0.2, 0.25) is 0 Å². The predicted octanol–water partition coefficient (Wildman–Crippen LogP) is 2.51. The van der Waals surface area contributed by atoms with Gasteiger partial charge in [0.1, 0.15) is 5.75 Å². The number of carbonyl (C=O) groups is 1. The van der Waals surface area contributed by atoms with Crippen LogP contribution in [0, 0.1) is 6.92 Å². The molecule has 2 heterocycles. The summed E-state index contributed by atoms with van der Waals surface area (Å²) < 4.78 is 0.884. The quantitative estimate of drug-likeness (QED) is 0.731. The first-order valence-electron chi connectivity index (χ1n) is 4.18. The van der Waals surface area contributed by atoms with Gasteiger partial charge in [-0.2, -0.15) is 0 Å². The van der Waals surface area contributed by atoms with Crippen molar-refractivity contribution in [1.29, 1.82) is 0 Å². The van der Waals surface area contributed by atoms with E-state index in [4.69, 9.17) is 0 Å². The second kappa shape index (κ2) is 3.06. The first-order valence-corrected chi connectivity index (χ1v) is 5.00. The van der Waals surface area contributed by atoms with Crippen LogP contribution < -0.4 is 0 Å². The summed E-state index contributed by atoms with van der Waals surface area (Å²) in [5, 5.41) is 10.2. The molecular weight excluding hydrogens is 198 g/mol. The summed E-state index contributed by atoms with van der Waals surface area (Å²) in [6, 6.07) is 1.71. The van der Waals surface area contributed by atoms with E-state index in [1.54, 1.807) is 6.07 Å². The highest BCUT2D eigenvalue weighted by Gasteiger charge is 2.11. The molecule has 1 N–H and O–H groups in total. The Morgan fingerprint density at radius 2 is 2.29 bits per heavy atom. The maximum atomic E-state index is 11.1. The third-order valence-electron chi connectivity index (χ3n) is 2.06. The molecule has 72 valence electrons. The smallest absolute Gasteiger partial charge is 0.169 e. The zero-order valence-corrected chi connectivity index (χ0v) is 8.68. The molecule has 0 unspecified atom stereocenters. The third kappa shape index (κ3) is 1.28. The van der Waals surface area contributed by atoms with Crippen LogP contribution in [0.3, 0.4) is 0 Å². The van der Waals surface area contributed by atoms with Crippen LogP contribution in [-0.4, -0.2) is 15.9 Å². The molecule has 2 aromatic rings. The number of hydrogen-bond acceptors (Lipinski definition) is 4. The number of hydrogen-bond donors (Lipinski definition) is 1. The number of carbonyl (C=O) groups excluding carboxylic acids is 1. The van der Waals surface area contributed by atoms with Crippen molar-refractivity contribution in [2.24, 2.45) is 0 Å². The van der Waals surface area contributed by atoms with Crippen molar-refractivity contribution in [3.8, 4) is 5.75 Å². The molecule has 0 aliphatic carbocycles. The number of Topliss-reactive ketones (excluding diaryl/α,β-unsaturated/α-hetero) is 1. The van der Waals surface area contributed by atoms with Crippen LogP contribution in [0.1, 0.15) is 22.3 Å². The lowest BCUT2D eigenvalue weighted by atomic mass is 10.2. The Morgan fingerprint density at radius 1 is 1.57 bits per heavy atom. The molecule has 4 heteroatoms. The monoisotopic (exact) mass is 207 g/mol. The molecule has 0 amide bonds. The summed E-state index contributed by atoms with van der Waals surface area (Å²) >= 11 is 1.37. The van der Waals surface area contributed by atoms with Gasteiger partial charge in [-0.3, -0.25) is 9.78 Å². The van der Waals surface area contributed by atoms with E-state index in [2.05, 4.69) is 4.98 Å².